The van der Waals surface area contributed by atoms with Crippen LogP contribution in [0.3, 0.4) is 0 Å². The van der Waals surface area contributed by atoms with E-state index in [9.17, 15) is 9.59 Å². The molecule has 0 aromatic heterocycles. The molecule has 0 fully saturated rings. The van der Waals surface area contributed by atoms with Gasteiger partial charge in [-0.1, -0.05) is 87.6 Å². The Kier molecular flexibility index (Phi) is 8.38. The summed E-state index contributed by atoms with van der Waals surface area (Å²) in [5, 5.41) is 0. The number of carbonyl (C=O) groups excluding carboxylic acids is 2. The van der Waals surface area contributed by atoms with Crippen molar-refractivity contribution in [1.29, 1.82) is 0 Å². The molecule has 2 rings (SSSR count). The van der Waals surface area contributed by atoms with E-state index in [-0.39, 0.29) is 23.9 Å². The number of Topliss-reactive ketones (excluding diaryl/α,β-unsaturated/α-hetero) is 2. The molecule has 25 heavy (non-hydrogen) atoms. The van der Waals surface area contributed by atoms with Crippen LogP contribution in [-0.2, 0) is 11.2 Å². The van der Waals surface area contributed by atoms with Gasteiger partial charge in [0.2, 0.25) is 0 Å². The Morgan fingerprint density at radius 2 is 1.76 bits per heavy atom. The van der Waals surface area contributed by atoms with Crippen molar-refractivity contribution in [3.63, 3.8) is 0 Å². The third-order valence-electron chi connectivity index (χ3n) is 4.85. The molecular formula is C23H30O2. The minimum Gasteiger partial charge on any atom is -0.299 e. The van der Waals surface area contributed by atoms with E-state index >= 15 is 0 Å². The van der Waals surface area contributed by atoms with Crippen LogP contribution < -0.4 is 0 Å². The first-order valence-corrected chi connectivity index (χ1v) is 9.69. The fourth-order valence-corrected chi connectivity index (χ4v) is 3.31. The lowest BCUT2D eigenvalue weighted by atomic mass is 9.90. The summed E-state index contributed by atoms with van der Waals surface area (Å²) >= 11 is 0. The lowest BCUT2D eigenvalue weighted by molar-refractivity contribution is -0.120. The van der Waals surface area contributed by atoms with Crippen molar-refractivity contribution in [1.82, 2.24) is 0 Å². The van der Waals surface area contributed by atoms with Gasteiger partial charge in [-0.15, -0.1) is 0 Å². The van der Waals surface area contributed by atoms with Gasteiger partial charge in [0.05, 0.1) is 6.42 Å². The monoisotopic (exact) mass is 338 g/mol. The molecule has 0 saturated heterocycles. The Hall–Kier alpha value is -1.96. The first-order chi connectivity index (χ1) is 12.2. The number of carbonyl (C=O) groups is 2. The number of hydrogen-bond donors (Lipinski definition) is 0. The lowest BCUT2D eigenvalue weighted by Gasteiger charge is -2.12. The predicted molar refractivity (Wildman–Crippen MR) is 104 cm³/mol. The SMILES string of the molecule is CCCCCCCCc1ccccc1C(=O)CC(=O)C1C=CC=CC1. The maximum absolute atomic E-state index is 12.6. The molecule has 1 aromatic carbocycles. The summed E-state index contributed by atoms with van der Waals surface area (Å²) in [5.74, 6) is -0.144. The second-order valence-electron chi connectivity index (χ2n) is 6.90. The Bertz CT molecular complexity index is 625. The summed E-state index contributed by atoms with van der Waals surface area (Å²) in [5.41, 5.74) is 1.83. The number of benzene rings is 1. The van der Waals surface area contributed by atoms with Gasteiger partial charge >= 0.3 is 0 Å². The standard InChI is InChI=1S/C23H30O2/c1-2-3-4-5-6-8-13-19-14-11-12-17-21(19)23(25)18-22(24)20-15-9-7-10-16-20/h7,9-12,14-15,17,20H,2-6,8,13,16,18H2,1H3. The molecule has 1 aliphatic carbocycles. The predicted octanol–water partition coefficient (Wildman–Crippen LogP) is 5.86. The second-order valence-corrected chi connectivity index (χ2v) is 6.90. The van der Waals surface area contributed by atoms with Gasteiger partial charge in [-0.25, -0.2) is 0 Å². The topological polar surface area (TPSA) is 34.1 Å². The number of hydrogen-bond acceptors (Lipinski definition) is 2. The Morgan fingerprint density at radius 1 is 1.00 bits per heavy atom. The Labute approximate surface area is 152 Å². The van der Waals surface area contributed by atoms with E-state index in [1.54, 1.807) is 0 Å². The van der Waals surface area contributed by atoms with Gasteiger partial charge in [0.15, 0.2) is 5.78 Å². The van der Waals surface area contributed by atoms with Crippen LogP contribution in [0.5, 0.6) is 0 Å². The summed E-state index contributed by atoms with van der Waals surface area (Å²) in [4.78, 5) is 25.0. The summed E-state index contributed by atoms with van der Waals surface area (Å²) in [6, 6.07) is 7.79. The minimum absolute atomic E-state index is 0.0103. The van der Waals surface area contributed by atoms with Crippen molar-refractivity contribution < 1.29 is 9.59 Å². The highest BCUT2D eigenvalue weighted by molar-refractivity contribution is 6.09. The van der Waals surface area contributed by atoms with Crippen molar-refractivity contribution in [2.75, 3.05) is 0 Å². The van der Waals surface area contributed by atoms with Gasteiger partial charge in [-0.2, -0.15) is 0 Å². The Morgan fingerprint density at radius 3 is 2.52 bits per heavy atom. The van der Waals surface area contributed by atoms with E-state index in [0.29, 0.717) is 6.42 Å². The third kappa shape index (κ3) is 6.45. The van der Waals surface area contributed by atoms with Gasteiger partial charge in [0, 0.05) is 11.5 Å². The molecule has 0 bridgehead atoms. The number of aryl methyl sites for hydroxylation is 1. The third-order valence-corrected chi connectivity index (χ3v) is 4.85. The van der Waals surface area contributed by atoms with E-state index < -0.39 is 0 Å². The fourth-order valence-electron chi connectivity index (χ4n) is 3.31. The molecule has 0 aliphatic heterocycles. The summed E-state index contributed by atoms with van der Waals surface area (Å²) in [6.07, 6.45) is 16.8. The Balaban J connectivity index is 1.87. The lowest BCUT2D eigenvalue weighted by Crippen LogP contribution is -2.18. The number of unbranched alkanes of at least 4 members (excludes halogenated alkanes) is 5. The normalized spacial score (nSPS) is 16.1. The largest absolute Gasteiger partial charge is 0.299 e. The summed E-state index contributed by atoms with van der Waals surface area (Å²) in [6.45, 7) is 2.22. The zero-order valence-corrected chi connectivity index (χ0v) is 15.4. The second kappa shape index (κ2) is 10.8. The quantitative estimate of drug-likeness (QED) is 0.287. The zero-order chi connectivity index (χ0) is 17.9. The minimum atomic E-state index is -0.139. The van der Waals surface area contributed by atoms with Crippen molar-refractivity contribution in [2.24, 2.45) is 5.92 Å². The molecule has 0 spiro atoms. The van der Waals surface area contributed by atoms with Gasteiger partial charge < -0.3 is 0 Å². The van der Waals surface area contributed by atoms with Gasteiger partial charge in [0.1, 0.15) is 5.78 Å². The maximum Gasteiger partial charge on any atom is 0.170 e. The molecular weight excluding hydrogens is 308 g/mol. The molecule has 0 radical (unpaired) electrons. The van der Waals surface area contributed by atoms with Crippen molar-refractivity contribution in [3.8, 4) is 0 Å². The molecule has 0 amide bonds. The van der Waals surface area contributed by atoms with E-state index in [0.717, 1.165) is 24.0 Å². The average Bonchev–Trinajstić information content (AvgIpc) is 2.65. The van der Waals surface area contributed by atoms with Crippen LogP contribution >= 0.6 is 0 Å². The van der Waals surface area contributed by atoms with Gasteiger partial charge in [-0.05, 0) is 24.8 Å². The van der Waals surface area contributed by atoms with Crippen LogP contribution in [0.15, 0.2) is 48.6 Å². The summed E-state index contributed by atoms with van der Waals surface area (Å²) in [7, 11) is 0. The van der Waals surface area contributed by atoms with Crippen LogP contribution in [0, 0.1) is 5.92 Å². The van der Waals surface area contributed by atoms with Crippen LogP contribution in [0.4, 0.5) is 0 Å². The van der Waals surface area contributed by atoms with Crippen molar-refractivity contribution in [2.45, 2.75) is 64.7 Å². The molecule has 1 unspecified atom stereocenters. The van der Waals surface area contributed by atoms with E-state index in [4.69, 9.17) is 0 Å². The van der Waals surface area contributed by atoms with Crippen molar-refractivity contribution >= 4 is 11.6 Å². The van der Waals surface area contributed by atoms with Gasteiger partial charge in [-0.3, -0.25) is 9.59 Å². The van der Waals surface area contributed by atoms with Crippen LogP contribution in [0.25, 0.3) is 0 Å². The summed E-state index contributed by atoms with van der Waals surface area (Å²) < 4.78 is 0. The average molecular weight is 338 g/mol. The van der Waals surface area contributed by atoms with E-state index in [1.165, 1.54) is 32.1 Å². The van der Waals surface area contributed by atoms with Gasteiger partial charge in [0.25, 0.3) is 0 Å². The van der Waals surface area contributed by atoms with Crippen LogP contribution in [0.1, 0.15) is 74.2 Å². The molecule has 0 heterocycles. The van der Waals surface area contributed by atoms with E-state index in [1.807, 2.05) is 48.6 Å². The molecule has 1 aliphatic rings. The number of rotatable bonds is 11. The maximum atomic E-state index is 12.6. The smallest absolute Gasteiger partial charge is 0.170 e. The number of allylic oxidation sites excluding steroid dienone is 4. The molecule has 0 saturated carbocycles. The highest BCUT2D eigenvalue weighted by Crippen LogP contribution is 2.19. The molecule has 1 atom stereocenters. The molecule has 2 heteroatoms. The van der Waals surface area contributed by atoms with Crippen LogP contribution in [0.2, 0.25) is 0 Å². The molecule has 1 aromatic rings. The van der Waals surface area contributed by atoms with Crippen molar-refractivity contribution in [3.05, 3.63) is 59.7 Å². The first kappa shape index (κ1) is 19.4. The highest BCUT2D eigenvalue weighted by Gasteiger charge is 2.20. The zero-order valence-electron chi connectivity index (χ0n) is 15.4. The highest BCUT2D eigenvalue weighted by atomic mass is 16.1. The first-order valence-electron chi connectivity index (χ1n) is 9.69. The molecule has 0 N–H and O–H groups in total. The molecule has 134 valence electrons. The van der Waals surface area contributed by atoms with Crippen LogP contribution in [-0.4, -0.2) is 11.6 Å². The fraction of sp³-hybridized carbons (Fsp3) is 0.478. The number of ketones is 2. The molecule has 2 nitrogen and oxygen atoms in total. The van der Waals surface area contributed by atoms with E-state index in [2.05, 4.69) is 6.92 Å².